The van der Waals surface area contributed by atoms with E-state index in [1.165, 1.54) is 5.56 Å². The monoisotopic (exact) mass is 246 g/mol. The Hall–Kier alpha value is -1.11. The highest BCUT2D eigenvalue weighted by atomic mass is 16.1. The van der Waals surface area contributed by atoms with Crippen LogP contribution in [-0.2, 0) is 6.42 Å². The largest absolute Gasteiger partial charge is 0.294 e. The van der Waals surface area contributed by atoms with Crippen molar-refractivity contribution in [2.75, 3.05) is 0 Å². The highest BCUT2D eigenvalue weighted by Crippen LogP contribution is 2.23. The smallest absolute Gasteiger partial charge is 0.163 e. The average Bonchev–Trinajstić information content (AvgIpc) is 2.13. The summed E-state index contributed by atoms with van der Waals surface area (Å²) >= 11 is 0. The minimum absolute atomic E-state index is 0.0567. The van der Waals surface area contributed by atoms with Gasteiger partial charge in [-0.3, -0.25) is 4.79 Å². The van der Waals surface area contributed by atoms with Crippen molar-refractivity contribution in [3.8, 4) is 0 Å². The second-order valence-corrected chi connectivity index (χ2v) is 7.59. The molecular formula is C17H26O. The van der Waals surface area contributed by atoms with Crippen molar-refractivity contribution in [3.05, 3.63) is 35.4 Å². The molecule has 1 aromatic rings. The van der Waals surface area contributed by atoms with Crippen LogP contribution in [0.2, 0.25) is 0 Å². The Morgan fingerprint density at radius 3 is 1.78 bits per heavy atom. The van der Waals surface area contributed by atoms with Gasteiger partial charge in [0.1, 0.15) is 0 Å². The van der Waals surface area contributed by atoms with Gasteiger partial charge in [0.25, 0.3) is 0 Å². The lowest BCUT2D eigenvalue weighted by atomic mass is 9.86. The fourth-order valence-corrected chi connectivity index (χ4v) is 2.00. The van der Waals surface area contributed by atoms with Crippen LogP contribution in [0.5, 0.6) is 0 Å². The predicted octanol–water partition coefficient (Wildman–Crippen LogP) is 4.89. The lowest BCUT2D eigenvalue weighted by Crippen LogP contribution is -2.13. The van der Waals surface area contributed by atoms with Crippen molar-refractivity contribution >= 4 is 5.78 Å². The first-order valence-corrected chi connectivity index (χ1v) is 6.69. The third-order valence-corrected chi connectivity index (χ3v) is 2.70. The van der Waals surface area contributed by atoms with Gasteiger partial charge in [0, 0.05) is 12.0 Å². The van der Waals surface area contributed by atoms with Crippen molar-refractivity contribution in [1.82, 2.24) is 0 Å². The van der Waals surface area contributed by atoms with Crippen LogP contribution in [0.1, 0.15) is 63.9 Å². The molecule has 0 aromatic heterocycles. The molecular weight excluding hydrogens is 220 g/mol. The van der Waals surface area contributed by atoms with Gasteiger partial charge in [0.2, 0.25) is 0 Å². The van der Waals surface area contributed by atoms with Crippen molar-refractivity contribution in [2.24, 2.45) is 10.8 Å². The quantitative estimate of drug-likeness (QED) is 0.694. The van der Waals surface area contributed by atoms with E-state index in [9.17, 15) is 4.79 Å². The van der Waals surface area contributed by atoms with Gasteiger partial charge >= 0.3 is 0 Å². The van der Waals surface area contributed by atoms with Crippen LogP contribution in [0.15, 0.2) is 24.3 Å². The molecule has 0 aliphatic carbocycles. The number of carbonyl (C=O) groups excluding carboxylic acids is 1. The maximum atomic E-state index is 12.1. The van der Waals surface area contributed by atoms with E-state index >= 15 is 0 Å². The van der Waals surface area contributed by atoms with E-state index < -0.39 is 0 Å². The highest BCUT2D eigenvalue weighted by Gasteiger charge is 2.17. The molecule has 0 saturated carbocycles. The lowest BCUT2D eigenvalue weighted by Gasteiger charge is -2.19. The number of carbonyl (C=O) groups is 1. The molecule has 0 aliphatic rings. The summed E-state index contributed by atoms with van der Waals surface area (Å²) in [5, 5.41) is 0. The zero-order chi connectivity index (χ0) is 14.0. The molecule has 0 aliphatic heterocycles. The zero-order valence-corrected chi connectivity index (χ0v) is 12.6. The van der Waals surface area contributed by atoms with Gasteiger partial charge in [-0.15, -0.1) is 0 Å². The van der Waals surface area contributed by atoms with Crippen LogP contribution in [0.4, 0.5) is 0 Å². The molecule has 0 unspecified atom stereocenters. The second-order valence-electron chi connectivity index (χ2n) is 7.59. The molecule has 0 spiro atoms. The maximum Gasteiger partial charge on any atom is 0.163 e. The fraction of sp³-hybridized carbons (Fsp3) is 0.588. The van der Waals surface area contributed by atoms with Crippen LogP contribution >= 0.6 is 0 Å². The van der Waals surface area contributed by atoms with Crippen LogP contribution < -0.4 is 0 Å². The van der Waals surface area contributed by atoms with Gasteiger partial charge in [0.15, 0.2) is 5.78 Å². The maximum absolute atomic E-state index is 12.1. The average molecular weight is 246 g/mol. The minimum Gasteiger partial charge on any atom is -0.294 e. The van der Waals surface area contributed by atoms with Crippen LogP contribution in [0, 0.1) is 10.8 Å². The Bertz CT molecular complexity index is 399. The molecule has 1 rings (SSSR count). The van der Waals surface area contributed by atoms with Gasteiger partial charge in [-0.05, 0) is 22.8 Å². The topological polar surface area (TPSA) is 17.1 Å². The SMILES string of the molecule is CC(C)(C)CC(=O)c1ccc(CC(C)(C)C)cc1. The number of benzene rings is 1. The standard InChI is InChI=1S/C17H26O/c1-16(2,3)11-13-7-9-14(10-8-13)15(18)12-17(4,5)6/h7-10H,11-12H2,1-6H3. The van der Waals surface area contributed by atoms with Gasteiger partial charge in [-0.2, -0.15) is 0 Å². The van der Waals surface area contributed by atoms with Crippen molar-refractivity contribution in [3.63, 3.8) is 0 Å². The van der Waals surface area contributed by atoms with Crippen molar-refractivity contribution in [1.29, 1.82) is 0 Å². The lowest BCUT2D eigenvalue weighted by molar-refractivity contribution is 0.0940. The Morgan fingerprint density at radius 1 is 0.889 bits per heavy atom. The Balaban J connectivity index is 2.74. The molecule has 0 amide bonds. The summed E-state index contributed by atoms with van der Waals surface area (Å²) < 4.78 is 0. The van der Waals surface area contributed by atoms with E-state index in [0.29, 0.717) is 6.42 Å². The number of rotatable bonds is 3. The predicted molar refractivity (Wildman–Crippen MR) is 78.0 cm³/mol. The molecule has 0 saturated heterocycles. The molecule has 1 heteroatoms. The fourth-order valence-electron chi connectivity index (χ4n) is 2.00. The summed E-state index contributed by atoms with van der Waals surface area (Å²) in [7, 11) is 0. The van der Waals surface area contributed by atoms with E-state index in [1.807, 2.05) is 12.1 Å². The molecule has 0 fully saturated rings. The highest BCUT2D eigenvalue weighted by molar-refractivity contribution is 5.96. The zero-order valence-electron chi connectivity index (χ0n) is 12.6. The van der Waals surface area contributed by atoms with Crippen molar-refractivity contribution < 1.29 is 4.79 Å². The minimum atomic E-state index is 0.0567. The molecule has 100 valence electrons. The number of ketones is 1. The van der Waals surface area contributed by atoms with E-state index in [1.54, 1.807) is 0 Å². The van der Waals surface area contributed by atoms with Crippen LogP contribution in [-0.4, -0.2) is 5.78 Å². The van der Waals surface area contributed by atoms with Gasteiger partial charge in [-0.1, -0.05) is 65.8 Å². The summed E-state index contributed by atoms with van der Waals surface area (Å²) in [6.07, 6.45) is 1.65. The first-order valence-electron chi connectivity index (χ1n) is 6.69. The molecule has 0 bridgehead atoms. The van der Waals surface area contributed by atoms with E-state index in [4.69, 9.17) is 0 Å². The molecule has 1 aromatic carbocycles. The van der Waals surface area contributed by atoms with E-state index in [2.05, 4.69) is 53.7 Å². The normalized spacial score (nSPS) is 12.6. The van der Waals surface area contributed by atoms with Gasteiger partial charge < -0.3 is 0 Å². The van der Waals surface area contributed by atoms with E-state index in [0.717, 1.165) is 12.0 Å². The van der Waals surface area contributed by atoms with Crippen molar-refractivity contribution in [2.45, 2.75) is 54.4 Å². The number of Topliss-reactive ketones (excluding diaryl/α,β-unsaturated/α-hetero) is 1. The number of hydrogen-bond acceptors (Lipinski definition) is 1. The summed E-state index contributed by atoms with van der Waals surface area (Å²) in [5.41, 5.74) is 2.48. The Labute approximate surface area is 112 Å². The summed E-state index contributed by atoms with van der Waals surface area (Å²) in [4.78, 5) is 12.1. The first-order chi connectivity index (χ1) is 8.07. The number of hydrogen-bond donors (Lipinski definition) is 0. The molecule has 1 nitrogen and oxygen atoms in total. The molecule has 0 heterocycles. The van der Waals surface area contributed by atoms with Crippen LogP contribution in [0.3, 0.4) is 0 Å². The first kappa shape index (κ1) is 14.9. The van der Waals surface area contributed by atoms with Crippen LogP contribution in [0.25, 0.3) is 0 Å². The summed E-state index contributed by atoms with van der Waals surface area (Å²) in [6.45, 7) is 13.0. The third-order valence-electron chi connectivity index (χ3n) is 2.70. The molecule has 18 heavy (non-hydrogen) atoms. The third kappa shape index (κ3) is 5.48. The molecule has 0 atom stereocenters. The molecule has 0 N–H and O–H groups in total. The summed E-state index contributed by atoms with van der Waals surface area (Å²) in [5.74, 6) is 0.241. The Morgan fingerprint density at radius 2 is 1.39 bits per heavy atom. The second kappa shape index (κ2) is 5.26. The van der Waals surface area contributed by atoms with E-state index in [-0.39, 0.29) is 16.6 Å². The summed E-state index contributed by atoms with van der Waals surface area (Å²) in [6, 6.07) is 8.10. The van der Waals surface area contributed by atoms with Gasteiger partial charge in [0.05, 0.1) is 0 Å². The molecule has 0 radical (unpaired) electrons. The van der Waals surface area contributed by atoms with Gasteiger partial charge in [-0.25, -0.2) is 0 Å². The Kier molecular flexibility index (Phi) is 4.37.